The second-order valence-electron chi connectivity index (χ2n) is 7.17. The number of amides is 2. The van der Waals surface area contributed by atoms with E-state index in [9.17, 15) is 22.8 Å². The average Bonchev–Trinajstić information content (AvgIpc) is 3.23. The van der Waals surface area contributed by atoms with Crippen LogP contribution in [0.4, 0.5) is 24.7 Å². The Labute approximate surface area is 185 Å². The maximum absolute atomic E-state index is 12.9. The minimum Gasteiger partial charge on any atom is -0.364 e. The number of hydrogen-bond acceptors (Lipinski definition) is 7. The van der Waals surface area contributed by atoms with Gasteiger partial charge in [-0.05, 0) is 24.3 Å². The van der Waals surface area contributed by atoms with Crippen molar-refractivity contribution < 1.29 is 22.8 Å². The molecule has 172 valence electrons. The van der Waals surface area contributed by atoms with Crippen LogP contribution in [0.2, 0.25) is 0 Å². The van der Waals surface area contributed by atoms with Crippen LogP contribution in [0.1, 0.15) is 26.7 Å². The van der Waals surface area contributed by atoms with Crippen molar-refractivity contribution in [2.24, 2.45) is 5.73 Å². The van der Waals surface area contributed by atoms with Gasteiger partial charge in [-0.1, -0.05) is 6.07 Å². The number of halogens is 3. The first kappa shape index (κ1) is 22.2. The van der Waals surface area contributed by atoms with Gasteiger partial charge in [0.05, 0.1) is 23.8 Å². The number of rotatable bonds is 5. The van der Waals surface area contributed by atoms with E-state index in [1.54, 1.807) is 18.3 Å². The molecule has 0 saturated carbocycles. The first-order valence-corrected chi connectivity index (χ1v) is 9.89. The average molecular weight is 460 g/mol. The monoisotopic (exact) mass is 460 g/mol. The summed E-state index contributed by atoms with van der Waals surface area (Å²) in [7, 11) is 0. The molecule has 0 unspecified atom stereocenters. The zero-order valence-electron chi connectivity index (χ0n) is 17.1. The first-order chi connectivity index (χ1) is 15.7. The van der Waals surface area contributed by atoms with Crippen LogP contribution in [0, 0.1) is 0 Å². The zero-order chi connectivity index (χ0) is 23.6. The van der Waals surface area contributed by atoms with Crippen molar-refractivity contribution in [1.29, 1.82) is 0 Å². The van der Waals surface area contributed by atoms with Crippen LogP contribution in [0.25, 0.3) is 5.69 Å². The first-order valence-electron chi connectivity index (χ1n) is 9.89. The van der Waals surface area contributed by atoms with Gasteiger partial charge in [0.25, 0.3) is 11.8 Å². The van der Waals surface area contributed by atoms with Gasteiger partial charge in [0.2, 0.25) is 0 Å². The Kier molecular flexibility index (Phi) is 5.96. The normalized spacial score (nSPS) is 14.2. The second kappa shape index (κ2) is 8.86. The fourth-order valence-corrected chi connectivity index (χ4v) is 3.28. The lowest BCUT2D eigenvalue weighted by Crippen LogP contribution is -2.43. The number of anilines is 2. The molecular weight excluding hydrogens is 441 g/mol. The number of alkyl halides is 3. The highest BCUT2D eigenvalue weighted by molar-refractivity contribution is 6.07. The molecule has 3 aromatic rings. The largest absolute Gasteiger partial charge is 0.433 e. The van der Waals surface area contributed by atoms with Crippen LogP contribution in [-0.4, -0.2) is 57.7 Å². The number of piperazine rings is 1. The van der Waals surface area contributed by atoms with Crippen molar-refractivity contribution in [3.05, 3.63) is 59.8 Å². The SMILES string of the molecule is NC(=O)c1nn(-c2ccc(N3CCNCC3)nc2)cc1NC(=O)c1cccc(C(F)(F)F)n1. The molecule has 1 fully saturated rings. The Balaban J connectivity index is 1.57. The number of nitrogens with two attached hydrogens (primary N) is 1. The van der Waals surface area contributed by atoms with Crippen molar-refractivity contribution in [2.75, 3.05) is 36.4 Å². The molecule has 10 nitrogen and oxygen atoms in total. The summed E-state index contributed by atoms with van der Waals surface area (Å²) in [6, 6.07) is 6.48. The number of hydrogen-bond donors (Lipinski definition) is 3. The van der Waals surface area contributed by atoms with Gasteiger partial charge in [-0.15, -0.1) is 0 Å². The predicted molar refractivity (Wildman–Crippen MR) is 112 cm³/mol. The van der Waals surface area contributed by atoms with Gasteiger partial charge in [-0.25, -0.2) is 14.6 Å². The number of pyridine rings is 2. The molecule has 0 bridgehead atoms. The molecular formula is C20H19F3N8O2. The van der Waals surface area contributed by atoms with E-state index in [4.69, 9.17) is 5.73 Å². The summed E-state index contributed by atoms with van der Waals surface area (Å²) >= 11 is 0. The quantitative estimate of drug-likeness (QED) is 0.525. The number of nitrogens with zero attached hydrogens (tertiary/aromatic N) is 5. The minimum absolute atomic E-state index is 0.0714. The van der Waals surface area contributed by atoms with Gasteiger partial charge in [0.1, 0.15) is 17.2 Å². The molecule has 2 amide bonds. The molecule has 1 aliphatic rings. The van der Waals surface area contributed by atoms with Crippen LogP contribution in [-0.2, 0) is 6.18 Å². The van der Waals surface area contributed by atoms with E-state index in [-0.39, 0.29) is 11.4 Å². The van der Waals surface area contributed by atoms with E-state index >= 15 is 0 Å². The molecule has 4 N–H and O–H groups in total. The number of carbonyl (C=O) groups is 2. The molecule has 0 aliphatic carbocycles. The lowest BCUT2D eigenvalue weighted by molar-refractivity contribution is -0.141. The summed E-state index contributed by atoms with van der Waals surface area (Å²) in [5.41, 5.74) is 3.84. The van der Waals surface area contributed by atoms with Crippen molar-refractivity contribution >= 4 is 23.3 Å². The third-order valence-electron chi connectivity index (χ3n) is 4.91. The van der Waals surface area contributed by atoms with Crippen molar-refractivity contribution in [1.82, 2.24) is 25.1 Å². The molecule has 0 aromatic carbocycles. The topological polar surface area (TPSA) is 131 Å². The molecule has 0 radical (unpaired) electrons. The third kappa shape index (κ3) is 4.92. The molecule has 3 aromatic heterocycles. The Bertz CT molecular complexity index is 1170. The number of primary amides is 1. The zero-order valence-corrected chi connectivity index (χ0v) is 17.1. The van der Waals surface area contributed by atoms with Crippen molar-refractivity contribution in [3.8, 4) is 5.69 Å². The Morgan fingerprint density at radius 1 is 1.12 bits per heavy atom. The van der Waals surface area contributed by atoms with Crippen LogP contribution in [0.5, 0.6) is 0 Å². The van der Waals surface area contributed by atoms with E-state index in [2.05, 4.69) is 30.6 Å². The maximum Gasteiger partial charge on any atom is 0.433 e. The number of nitrogens with one attached hydrogen (secondary N) is 2. The standard InChI is InChI=1S/C20H19F3N8O2/c21-20(22,23)15-3-1-2-13(27-15)19(33)28-14-11-31(29-17(14)18(24)32)12-4-5-16(26-10-12)30-8-6-25-7-9-30/h1-5,10-11,25H,6-9H2,(H2,24,32)(H,28,33). The minimum atomic E-state index is -4.70. The highest BCUT2D eigenvalue weighted by Crippen LogP contribution is 2.27. The lowest BCUT2D eigenvalue weighted by atomic mass is 10.2. The van der Waals surface area contributed by atoms with Gasteiger partial charge < -0.3 is 21.3 Å². The summed E-state index contributed by atoms with van der Waals surface area (Å²) < 4.78 is 40.0. The van der Waals surface area contributed by atoms with Crippen molar-refractivity contribution in [3.63, 3.8) is 0 Å². The Hall–Kier alpha value is -4.00. The number of carbonyl (C=O) groups excluding carboxylic acids is 2. The highest BCUT2D eigenvalue weighted by Gasteiger charge is 2.33. The predicted octanol–water partition coefficient (Wildman–Crippen LogP) is 1.44. The van der Waals surface area contributed by atoms with Crippen LogP contribution < -0.4 is 21.3 Å². The third-order valence-corrected chi connectivity index (χ3v) is 4.91. The van der Waals surface area contributed by atoms with E-state index in [1.165, 1.54) is 10.9 Å². The number of aromatic nitrogens is 4. The molecule has 33 heavy (non-hydrogen) atoms. The van der Waals surface area contributed by atoms with Gasteiger partial charge in [-0.2, -0.15) is 18.3 Å². The molecule has 1 saturated heterocycles. The van der Waals surface area contributed by atoms with Gasteiger partial charge in [0.15, 0.2) is 5.69 Å². The Morgan fingerprint density at radius 2 is 1.88 bits per heavy atom. The fraction of sp³-hybridized carbons (Fsp3) is 0.250. The van der Waals surface area contributed by atoms with E-state index < -0.39 is 29.4 Å². The molecule has 0 spiro atoms. The molecule has 0 atom stereocenters. The molecule has 13 heteroatoms. The highest BCUT2D eigenvalue weighted by atomic mass is 19.4. The van der Waals surface area contributed by atoms with Crippen molar-refractivity contribution in [2.45, 2.75) is 6.18 Å². The smallest absolute Gasteiger partial charge is 0.364 e. The second-order valence-corrected chi connectivity index (χ2v) is 7.17. The maximum atomic E-state index is 12.9. The van der Waals surface area contributed by atoms with Crippen LogP contribution in [0.3, 0.4) is 0 Å². The molecule has 4 rings (SSSR count). The Morgan fingerprint density at radius 3 is 2.52 bits per heavy atom. The lowest BCUT2D eigenvalue weighted by Gasteiger charge is -2.28. The van der Waals surface area contributed by atoms with E-state index in [0.717, 1.165) is 50.2 Å². The van der Waals surface area contributed by atoms with E-state index in [0.29, 0.717) is 5.69 Å². The summed E-state index contributed by atoms with van der Waals surface area (Å²) in [5, 5.41) is 9.70. The van der Waals surface area contributed by atoms with Gasteiger partial charge in [-0.3, -0.25) is 9.59 Å². The van der Waals surface area contributed by atoms with Crippen LogP contribution >= 0.6 is 0 Å². The summed E-state index contributed by atoms with van der Waals surface area (Å²) in [4.78, 5) is 34.2. The van der Waals surface area contributed by atoms with Gasteiger partial charge >= 0.3 is 6.18 Å². The summed E-state index contributed by atoms with van der Waals surface area (Å²) in [6.45, 7) is 3.35. The fourth-order valence-electron chi connectivity index (χ4n) is 3.28. The molecule has 1 aliphatic heterocycles. The summed E-state index contributed by atoms with van der Waals surface area (Å²) in [5.74, 6) is -1.09. The summed E-state index contributed by atoms with van der Waals surface area (Å²) in [6.07, 6.45) is -1.83. The van der Waals surface area contributed by atoms with Gasteiger partial charge in [0, 0.05) is 26.2 Å². The van der Waals surface area contributed by atoms with Crippen LogP contribution in [0.15, 0.2) is 42.7 Å². The van der Waals surface area contributed by atoms with E-state index in [1.807, 2.05) is 0 Å². The molecule has 4 heterocycles.